The van der Waals surface area contributed by atoms with E-state index >= 15 is 0 Å². The molecule has 0 radical (unpaired) electrons. The number of rotatable bonds is 4. The molecule has 5 rings (SSSR count). The second-order valence-electron chi connectivity index (χ2n) is 8.31. The molecule has 6 atom stereocenters. The summed E-state index contributed by atoms with van der Waals surface area (Å²) >= 11 is 0. The van der Waals surface area contributed by atoms with Crippen molar-refractivity contribution in [2.75, 3.05) is 0 Å². The fourth-order valence-corrected chi connectivity index (χ4v) is 5.68. The van der Waals surface area contributed by atoms with E-state index in [0.29, 0.717) is 0 Å². The van der Waals surface area contributed by atoms with E-state index in [9.17, 15) is 0 Å². The molecule has 2 saturated carbocycles. The van der Waals surface area contributed by atoms with Gasteiger partial charge in [-0.3, -0.25) is 0 Å². The Morgan fingerprint density at radius 3 is 1.36 bits per heavy atom. The van der Waals surface area contributed by atoms with Crippen molar-refractivity contribution in [3.05, 3.63) is 59.7 Å². The third-order valence-electron chi connectivity index (χ3n) is 6.85. The number of hydrogen-bond acceptors (Lipinski definition) is 0. The number of hydrogen-bond donors (Lipinski definition) is 0. The monoisotopic (exact) mass is 290 g/mol. The Morgan fingerprint density at radius 2 is 1.05 bits per heavy atom. The highest BCUT2D eigenvalue weighted by Gasteiger charge is 2.36. The average molecular weight is 290 g/mol. The molecule has 4 aliphatic rings. The summed E-state index contributed by atoms with van der Waals surface area (Å²) in [6.45, 7) is 0. The summed E-state index contributed by atoms with van der Waals surface area (Å²) in [6.07, 6.45) is 18.2. The van der Waals surface area contributed by atoms with E-state index in [-0.39, 0.29) is 0 Å². The Labute approximate surface area is 134 Å². The molecule has 22 heavy (non-hydrogen) atoms. The Hall–Kier alpha value is -1.30. The summed E-state index contributed by atoms with van der Waals surface area (Å²) in [5, 5.41) is 0. The Morgan fingerprint density at radius 1 is 0.591 bits per heavy atom. The van der Waals surface area contributed by atoms with E-state index in [2.05, 4.69) is 48.6 Å². The highest BCUT2D eigenvalue weighted by Crippen LogP contribution is 2.46. The van der Waals surface area contributed by atoms with Gasteiger partial charge in [0.15, 0.2) is 0 Å². The Bertz CT molecular complexity index is 550. The van der Waals surface area contributed by atoms with E-state index in [1.165, 1.54) is 38.5 Å². The second-order valence-corrected chi connectivity index (χ2v) is 8.31. The van der Waals surface area contributed by atoms with Crippen LogP contribution in [0.15, 0.2) is 48.6 Å². The molecule has 0 spiro atoms. The van der Waals surface area contributed by atoms with E-state index < -0.39 is 0 Å². The van der Waals surface area contributed by atoms with Gasteiger partial charge in [0, 0.05) is 0 Å². The molecule has 1 aromatic rings. The first-order chi connectivity index (χ1) is 10.8. The SMILES string of the molecule is C1=CC2CC1CC2Cc1ccc(CC2CC3C=CC2C3)cc1. The van der Waals surface area contributed by atoms with E-state index in [1.807, 2.05) is 0 Å². The molecule has 0 aromatic heterocycles. The summed E-state index contributed by atoms with van der Waals surface area (Å²) < 4.78 is 0. The minimum Gasteiger partial charge on any atom is -0.0851 e. The lowest BCUT2D eigenvalue weighted by Gasteiger charge is -2.19. The van der Waals surface area contributed by atoms with Gasteiger partial charge in [0.2, 0.25) is 0 Å². The van der Waals surface area contributed by atoms with Crippen molar-refractivity contribution in [1.29, 1.82) is 0 Å². The maximum absolute atomic E-state index is 2.48. The molecular formula is C22H26. The van der Waals surface area contributed by atoms with Gasteiger partial charge >= 0.3 is 0 Å². The molecule has 0 heterocycles. The molecular weight excluding hydrogens is 264 g/mol. The normalized spacial score (nSPS) is 40.9. The minimum absolute atomic E-state index is 0.880. The van der Waals surface area contributed by atoms with Crippen LogP contribution in [0.2, 0.25) is 0 Å². The fraction of sp³-hybridized carbons (Fsp3) is 0.545. The van der Waals surface area contributed by atoms with Gasteiger partial charge < -0.3 is 0 Å². The van der Waals surface area contributed by atoms with Crippen molar-refractivity contribution in [2.45, 2.75) is 38.5 Å². The minimum atomic E-state index is 0.880. The predicted molar refractivity (Wildman–Crippen MR) is 91.5 cm³/mol. The van der Waals surface area contributed by atoms with Crippen LogP contribution < -0.4 is 0 Å². The van der Waals surface area contributed by atoms with Gasteiger partial charge in [0.05, 0.1) is 0 Å². The van der Waals surface area contributed by atoms with E-state index in [4.69, 9.17) is 0 Å². The maximum atomic E-state index is 2.48. The van der Waals surface area contributed by atoms with Crippen LogP contribution in [0.5, 0.6) is 0 Å². The van der Waals surface area contributed by atoms with Crippen LogP contribution in [0.4, 0.5) is 0 Å². The molecule has 1 aromatic carbocycles. The zero-order valence-corrected chi connectivity index (χ0v) is 13.3. The highest BCUT2D eigenvalue weighted by atomic mass is 14.4. The van der Waals surface area contributed by atoms with Crippen LogP contribution in [0.3, 0.4) is 0 Å². The van der Waals surface area contributed by atoms with Gasteiger partial charge in [-0.1, -0.05) is 48.6 Å². The quantitative estimate of drug-likeness (QED) is 0.669. The van der Waals surface area contributed by atoms with Crippen LogP contribution in [0.1, 0.15) is 36.8 Å². The lowest BCUT2D eigenvalue weighted by molar-refractivity contribution is 0.443. The standard InChI is InChI=1S/C22H26/c1-2-16(10-22-14-18-6-8-20(22)12-18)4-3-15(1)9-21-13-17-5-7-19(21)11-17/h1-8,17-22H,9-14H2. The summed E-state index contributed by atoms with van der Waals surface area (Å²) in [7, 11) is 0. The molecule has 6 unspecified atom stereocenters. The smallest absolute Gasteiger partial charge is 0.0196 e. The first-order valence-corrected chi connectivity index (χ1v) is 9.28. The average Bonchev–Trinajstić information content (AvgIpc) is 3.29. The van der Waals surface area contributed by atoms with Crippen LogP contribution in [0.25, 0.3) is 0 Å². The summed E-state index contributed by atoms with van der Waals surface area (Å²) in [5.74, 6) is 5.39. The molecule has 0 saturated heterocycles. The van der Waals surface area contributed by atoms with Crippen molar-refractivity contribution < 1.29 is 0 Å². The van der Waals surface area contributed by atoms with Crippen LogP contribution in [0, 0.1) is 35.5 Å². The maximum Gasteiger partial charge on any atom is -0.0196 e. The highest BCUT2D eigenvalue weighted by molar-refractivity contribution is 5.25. The van der Waals surface area contributed by atoms with Gasteiger partial charge in [0.25, 0.3) is 0 Å². The Kier molecular flexibility index (Phi) is 3.06. The van der Waals surface area contributed by atoms with Crippen molar-refractivity contribution in [3.63, 3.8) is 0 Å². The van der Waals surface area contributed by atoms with Crippen LogP contribution in [-0.4, -0.2) is 0 Å². The third kappa shape index (κ3) is 2.28. The molecule has 0 heteroatoms. The lowest BCUT2D eigenvalue weighted by atomic mass is 9.85. The van der Waals surface area contributed by atoms with Crippen molar-refractivity contribution in [2.24, 2.45) is 35.5 Å². The number of allylic oxidation sites excluding steroid dienone is 4. The van der Waals surface area contributed by atoms with Crippen LogP contribution in [-0.2, 0) is 12.8 Å². The summed E-state index contributed by atoms with van der Waals surface area (Å²) in [5.41, 5.74) is 3.12. The molecule has 0 aliphatic heterocycles. The topological polar surface area (TPSA) is 0 Å². The zero-order chi connectivity index (χ0) is 14.5. The van der Waals surface area contributed by atoms with Crippen LogP contribution >= 0.6 is 0 Å². The first kappa shape index (κ1) is 13.2. The second kappa shape index (κ2) is 5.11. The van der Waals surface area contributed by atoms with Gasteiger partial charge in [-0.15, -0.1) is 0 Å². The lowest BCUT2D eigenvalue weighted by Crippen LogP contribution is -2.11. The molecule has 0 nitrogen and oxygen atoms in total. The zero-order valence-electron chi connectivity index (χ0n) is 13.3. The number of fused-ring (bicyclic) bond motifs is 4. The summed E-state index contributed by atoms with van der Waals surface area (Å²) in [4.78, 5) is 0. The van der Waals surface area contributed by atoms with Gasteiger partial charge in [-0.25, -0.2) is 0 Å². The van der Waals surface area contributed by atoms with E-state index in [0.717, 1.165) is 35.5 Å². The molecule has 4 aliphatic carbocycles. The van der Waals surface area contributed by atoms with Crippen molar-refractivity contribution in [3.8, 4) is 0 Å². The Balaban J connectivity index is 1.22. The molecule has 2 fully saturated rings. The van der Waals surface area contributed by atoms with Gasteiger partial charge in [0.1, 0.15) is 0 Å². The van der Waals surface area contributed by atoms with Gasteiger partial charge in [-0.2, -0.15) is 0 Å². The fourth-order valence-electron chi connectivity index (χ4n) is 5.68. The molecule has 0 amide bonds. The molecule has 0 N–H and O–H groups in total. The largest absolute Gasteiger partial charge is 0.0851 e. The van der Waals surface area contributed by atoms with Crippen molar-refractivity contribution >= 4 is 0 Å². The van der Waals surface area contributed by atoms with Crippen molar-refractivity contribution in [1.82, 2.24) is 0 Å². The van der Waals surface area contributed by atoms with Gasteiger partial charge in [-0.05, 0) is 85.2 Å². The predicted octanol–water partition coefficient (Wildman–Crippen LogP) is 5.20. The molecule has 114 valence electrons. The van der Waals surface area contributed by atoms with E-state index in [1.54, 1.807) is 11.1 Å². The third-order valence-corrected chi connectivity index (χ3v) is 6.85. The summed E-state index contributed by atoms with van der Waals surface area (Å²) in [6, 6.07) is 9.64. The first-order valence-electron chi connectivity index (χ1n) is 9.28. The number of benzene rings is 1. The molecule has 4 bridgehead atoms.